The number of rotatable bonds is 3. The van der Waals surface area contributed by atoms with Crippen LogP contribution in [0.1, 0.15) is 42.4 Å². The molecule has 1 N–H and O–H groups in total. The van der Waals surface area contributed by atoms with Crippen molar-refractivity contribution < 1.29 is 13.6 Å². The van der Waals surface area contributed by atoms with E-state index in [0.717, 1.165) is 19.4 Å². The van der Waals surface area contributed by atoms with Gasteiger partial charge in [0.25, 0.3) is 12.3 Å². The number of imidazole rings is 1. The number of alkyl halides is 2. The first-order chi connectivity index (χ1) is 9.60. The van der Waals surface area contributed by atoms with Crippen LogP contribution in [0.15, 0.2) is 18.2 Å². The van der Waals surface area contributed by atoms with Crippen molar-refractivity contribution in [2.75, 3.05) is 6.54 Å². The molecule has 1 fully saturated rings. The van der Waals surface area contributed by atoms with E-state index in [1.807, 2.05) is 4.90 Å². The first kappa shape index (κ1) is 13.0. The average Bonchev–Trinajstić information content (AvgIpc) is 2.80. The maximum absolute atomic E-state index is 12.6. The lowest BCUT2D eigenvalue weighted by molar-refractivity contribution is 0.0455. The van der Waals surface area contributed by atoms with Crippen molar-refractivity contribution >= 4 is 16.9 Å². The number of aromatic amines is 1. The molecule has 1 saturated heterocycles. The predicted octanol–water partition coefficient (Wildman–Crippen LogP) is 3.13. The Morgan fingerprint density at radius 3 is 2.95 bits per heavy atom. The van der Waals surface area contributed by atoms with Crippen LogP contribution in [0.5, 0.6) is 0 Å². The Bertz CT molecular complexity index is 651. The van der Waals surface area contributed by atoms with Crippen LogP contribution in [-0.4, -0.2) is 33.4 Å². The van der Waals surface area contributed by atoms with Gasteiger partial charge in [0.05, 0.1) is 11.0 Å². The third-order valence-electron chi connectivity index (χ3n) is 3.83. The fourth-order valence-electron chi connectivity index (χ4n) is 2.56. The van der Waals surface area contributed by atoms with E-state index in [2.05, 4.69) is 16.9 Å². The molecule has 0 aliphatic carbocycles. The Hall–Kier alpha value is -1.98. The number of benzene rings is 1. The number of nitrogens with zero attached hydrogens (tertiary/aromatic N) is 2. The van der Waals surface area contributed by atoms with E-state index in [-0.39, 0.29) is 11.7 Å². The van der Waals surface area contributed by atoms with E-state index in [1.54, 1.807) is 18.2 Å². The molecule has 2 heterocycles. The Kier molecular flexibility index (Phi) is 3.16. The number of hydrogen-bond acceptors (Lipinski definition) is 2. The van der Waals surface area contributed by atoms with Crippen LogP contribution in [0.2, 0.25) is 0 Å². The molecule has 20 heavy (non-hydrogen) atoms. The highest BCUT2D eigenvalue weighted by atomic mass is 19.3. The molecule has 0 spiro atoms. The molecule has 1 amide bonds. The zero-order valence-electron chi connectivity index (χ0n) is 11.1. The van der Waals surface area contributed by atoms with Gasteiger partial charge in [-0.25, -0.2) is 13.8 Å². The van der Waals surface area contributed by atoms with Gasteiger partial charge in [0.2, 0.25) is 0 Å². The monoisotopic (exact) mass is 279 g/mol. The van der Waals surface area contributed by atoms with Crippen molar-refractivity contribution in [2.45, 2.75) is 32.2 Å². The van der Waals surface area contributed by atoms with E-state index in [0.29, 0.717) is 22.6 Å². The maximum atomic E-state index is 12.6. The molecule has 1 aliphatic heterocycles. The Labute approximate surface area is 114 Å². The van der Waals surface area contributed by atoms with Gasteiger partial charge in [-0.3, -0.25) is 4.79 Å². The van der Waals surface area contributed by atoms with Crippen LogP contribution < -0.4 is 0 Å². The molecule has 106 valence electrons. The molecule has 1 unspecified atom stereocenters. The lowest BCUT2D eigenvalue weighted by atomic mass is 9.99. The summed E-state index contributed by atoms with van der Waals surface area (Å²) in [6.07, 6.45) is -0.668. The van der Waals surface area contributed by atoms with Gasteiger partial charge < -0.3 is 9.88 Å². The normalized spacial score (nSPS) is 18.6. The van der Waals surface area contributed by atoms with Crippen molar-refractivity contribution in [2.24, 2.45) is 0 Å². The molecule has 2 aromatic rings. The number of halogens is 2. The second kappa shape index (κ2) is 4.85. The number of nitrogens with one attached hydrogen (secondary N) is 1. The van der Waals surface area contributed by atoms with E-state index < -0.39 is 6.43 Å². The second-order valence-corrected chi connectivity index (χ2v) is 5.00. The summed E-state index contributed by atoms with van der Waals surface area (Å²) in [5.41, 5.74) is 1.44. The number of amides is 1. The summed E-state index contributed by atoms with van der Waals surface area (Å²) in [5.74, 6) is -0.404. The zero-order valence-corrected chi connectivity index (χ0v) is 11.1. The van der Waals surface area contributed by atoms with Gasteiger partial charge >= 0.3 is 0 Å². The highest BCUT2D eigenvalue weighted by molar-refractivity contribution is 5.98. The first-order valence-electron chi connectivity index (χ1n) is 6.69. The molecule has 1 aliphatic rings. The summed E-state index contributed by atoms with van der Waals surface area (Å²) < 4.78 is 25.2. The smallest absolute Gasteiger partial charge is 0.295 e. The molecule has 1 aromatic heterocycles. The molecular formula is C14H15F2N3O. The van der Waals surface area contributed by atoms with Crippen LogP contribution >= 0.6 is 0 Å². The average molecular weight is 279 g/mol. The molecular weight excluding hydrogens is 264 g/mol. The van der Waals surface area contributed by atoms with Crippen molar-refractivity contribution in [3.8, 4) is 0 Å². The topological polar surface area (TPSA) is 49.0 Å². The van der Waals surface area contributed by atoms with Crippen LogP contribution in [0, 0.1) is 0 Å². The highest BCUT2D eigenvalue weighted by Gasteiger charge is 2.31. The van der Waals surface area contributed by atoms with Gasteiger partial charge in [0, 0.05) is 18.2 Å². The third-order valence-corrected chi connectivity index (χ3v) is 3.83. The van der Waals surface area contributed by atoms with Gasteiger partial charge in [-0.05, 0) is 31.0 Å². The molecule has 0 bridgehead atoms. The Balaban J connectivity index is 1.90. The number of aromatic nitrogens is 2. The van der Waals surface area contributed by atoms with E-state index in [9.17, 15) is 13.6 Å². The Morgan fingerprint density at radius 1 is 1.55 bits per heavy atom. The number of likely N-dealkylation sites (tertiary alicyclic amines) is 1. The summed E-state index contributed by atoms with van der Waals surface area (Å²) in [6.45, 7) is 2.82. The summed E-state index contributed by atoms with van der Waals surface area (Å²) in [4.78, 5) is 20.5. The van der Waals surface area contributed by atoms with Crippen molar-refractivity contribution in [3.63, 3.8) is 0 Å². The van der Waals surface area contributed by atoms with Gasteiger partial charge in [0.1, 0.15) is 0 Å². The fourth-order valence-corrected chi connectivity index (χ4v) is 2.56. The van der Waals surface area contributed by atoms with E-state index in [1.165, 1.54) is 0 Å². The largest absolute Gasteiger partial charge is 0.337 e. The van der Waals surface area contributed by atoms with Crippen LogP contribution in [-0.2, 0) is 0 Å². The number of carbonyl (C=O) groups excluding carboxylic acids is 1. The van der Waals surface area contributed by atoms with Gasteiger partial charge in [-0.1, -0.05) is 6.92 Å². The second-order valence-electron chi connectivity index (χ2n) is 5.00. The highest BCUT2D eigenvalue weighted by Crippen LogP contribution is 2.25. The zero-order chi connectivity index (χ0) is 14.3. The number of fused-ring (bicyclic) bond motifs is 1. The van der Waals surface area contributed by atoms with Crippen molar-refractivity contribution in [1.29, 1.82) is 0 Å². The van der Waals surface area contributed by atoms with E-state index in [4.69, 9.17) is 0 Å². The minimum atomic E-state index is -2.64. The summed E-state index contributed by atoms with van der Waals surface area (Å²) in [5, 5.41) is 0. The minimum Gasteiger partial charge on any atom is -0.337 e. The van der Waals surface area contributed by atoms with Crippen molar-refractivity contribution in [3.05, 3.63) is 29.6 Å². The SMILES string of the molecule is CCC1CCN1C(=O)c1ccc2nc(C(F)F)[nH]c2c1. The third kappa shape index (κ3) is 2.05. The van der Waals surface area contributed by atoms with E-state index >= 15 is 0 Å². The molecule has 1 aromatic carbocycles. The Morgan fingerprint density at radius 2 is 2.35 bits per heavy atom. The molecule has 0 saturated carbocycles. The van der Waals surface area contributed by atoms with Crippen LogP contribution in [0.4, 0.5) is 8.78 Å². The summed E-state index contributed by atoms with van der Waals surface area (Å²) >= 11 is 0. The quantitative estimate of drug-likeness (QED) is 0.938. The van der Waals surface area contributed by atoms with Gasteiger partial charge in [0.15, 0.2) is 5.82 Å². The molecule has 4 nitrogen and oxygen atoms in total. The molecule has 3 rings (SSSR count). The van der Waals surface area contributed by atoms with Crippen LogP contribution in [0.3, 0.4) is 0 Å². The molecule has 1 atom stereocenters. The first-order valence-corrected chi connectivity index (χ1v) is 6.69. The summed E-state index contributed by atoms with van der Waals surface area (Å²) in [7, 11) is 0. The molecule has 0 radical (unpaired) electrons. The predicted molar refractivity (Wildman–Crippen MR) is 70.8 cm³/mol. The summed E-state index contributed by atoms with van der Waals surface area (Å²) in [6, 6.07) is 5.15. The number of H-pyrrole nitrogens is 1. The minimum absolute atomic E-state index is 0.0433. The van der Waals surface area contributed by atoms with Crippen LogP contribution in [0.25, 0.3) is 11.0 Å². The lowest BCUT2D eigenvalue weighted by Crippen LogP contribution is -2.50. The maximum Gasteiger partial charge on any atom is 0.295 e. The lowest BCUT2D eigenvalue weighted by Gasteiger charge is -2.40. The fraction of sp³-hybridized carbons (Fsp3) is 0.429. The van der Waals surface area contributed by atoms with Gasteiger partial charge in [-0.2, -0.15) is 0 Å². The molecule has 6 heteroatoms. The number of hydrogen-bond donors (Lipinski definition) is 1. The van der Waals surface area contributed by atoms with Crippen molar-refractivity contribution in [1.82, 2.24) is 14.9 Å². The van der Waals surface area contributed by atoms with Gasteiger partial charge in [-0.15, -0.1) is 0 Å². The standard InChI is InChI=1S/C14H15F2N3O/c1-2-9-5-6-19(9)14(20)8-3-4-10-11(7-8)18-13(17-10)12(15)16/h3-4,7,9,12H,2,5-6H2,1H3,(H,17,18). The number of carbonyl (C=O) groups is 1.